The van der Waals surface area contributed by atoms with Crippen molar-refractivity contribution >= 4 is 37.8 Å². The molecule has 0 radical (unpaired) electrons. The number of nitrogens with zero attached hydrogens (tertiary/aromatic N) is 1. The Morgan fingerprint density at radius 2 is 2.18 bits per heavy atom. The highest BCUT2D eigenvalue weighted by atomic mass is 79.9. The summed E-state index contributed by atoms with van der Waals surface area (Å²) in [5.74, 6) is 0. The van der Waals surface area contributed by atoms with Crippen LogP contribution < -0.4 is 9.75 Å². The molecule has 90 valence electrons. The summed E-state index contributed by atoms with van der Waals surface area (Å²) < 4.78 is 39.1. The lowest BCUT2D eigenvalue weighted by Gasteiger charge is -2.06. The molecule has 1 aliphatic rings. The monoisotopic (exact) mass is 321 g/mol. The van der Waals surface area contributed by atoms with E-state index in [-0.39, 0.29) is 10.4 Å². The zero-order chi connectivity index (χ0) is 12.6. The van der Waals surface area contributed by atoms with Gasteiger partial charge in [-0.15, -0.1) is 11.3 Å². The van der Waals surface area contributed by atoms with Gasteiger partial charge in [0.25, 0.3) is 0 Å². The summed E-state index contributed by atoms with van der Waals surface area (Å²) in [4.78, 5) is 0.169. The van der Waals surface area contributed by atoms with E-state index >= 15 is 0 Å². The number of alkyl halides is 3. The van der Waals surface area contributed by atoms with E-state index in [4.69, 9.17) is 5.26 Å². The molecule has 0 N–H and O–H groups in total. The van der Waals surface area contributed by atoms with Crippen LogP contribution in [0, 0.1) is 11.3 Å². The zero-order valence-electron chi connectivity index (χ0n) is 8.57. The molecule has 1 aliphatic carbocycles. The summed E-state index contributed by atoms with van der Waals surface area (Å²) >= 11 is 4.49. The minimum absolute atomic E-state index is 0.122. The summed E-state index contributed by atoms with van der Waals surface area (Å²) in [6, 6.07) is 1.86. The molecule has 0 atom stereocenters. The predicted molar refractivity (Wildman–Crippen MR) is 64.1 cm³/mol. The Balaban J connectivity index is 2.69. The lowest BCUT2D eigenvalue weighted by atomic mass is 10.1. The van der Waals surface area contributed by atoms with Crippen LogP contribution >= 0.6 is 27.3 Å². The van der Waals surface area contributed by atoms with Crippen molar-refractivity contribution in [2.75, 3.05) is 0 Å². The van der Waals surface area contributed by atoms with Crippen LogP contribution in [0.4, 0.5) is 13.2 Å². The van der Waals surface area contributed by atoms with E-state index in [1.807, 2.05) is 6.07 Å². The fourth-order valence-electron chi connectivity index (χ4n) is 1.82. The molecule has 0 fully saturated rings. The summed E-state index contributed by atoms with van der Waals surface area (Å²) in [7, 11) is 0. The Bertz CT molecular complexity index is 606. The van der Waals surface area contributed by atoms with Gasteiger partial charge in [-0.25, -0.2) is 0 Å². The molecular formula is C11H7BrF3NS. The van der Waals surface area contributed by atoms with E-state index in [1.54, 1.807) is 6.08 Å². The van der Waals surface area contributed by atoms with E-state index in [0.29, 0.717) is 11.6 Å². The fraction of sp³-hybridized carbons (Fsp3) is 0.364. The van der Waals surface area contributed by atoms with Crippen molar-refractivity contribution < 1.29 is 13.2 Å². The molecule has 0 spiro atoms. The minimum Gasteiger partial charge on any atom is -0.192 e. The Morgan fingerprint density at radius 1 is 1.47 bits per heavy atom. The van der Waals surface area contributed by atoms with Gasteiger partial charge < -0.3 is 0 Å². The van der Waals surface area contributed by atoms with Crippen molar-refractivity contribution in [3.8, 4) is 6.07 Å². The van der Waals surface area contributed by atoms with Gasteiger partial charge in [0.2, 0.25) is 0 Å². The Morgan fingerprint density at radius 3 is 2.76 bits per heavy atom. The molecule has 6 heteroatoms. The smallest absolute Gasteiger partial charge is 0.192 e. The second-order valence-corrected chi connectivity index (χ2v) is 5.68. The Hall–Kier alpha value is -0.800. The maximum absolute atomic E-state index is 12.5. The van der Waals surface area contributed by atoms with Crippen LogP contribution in [0.25, 0.3) is 10.6 Å². The highest BCUT2D eigenvalue weighted by Crippen LogP contribution is 2.24. The first kappa shape index (κ1) is 12.7. The molecule has 17 heavy (non-hydrogen) atoms. The van der Waals surface area contributed by atoms with Gasteiger partial charge in [0.05, 0.1) is 6.42 Å². The molecule has 0 amide bonds. The van der Waals surface area contributed by atoms with Crippen molar-refractivity contribution in [1.29, 1.82) is 5.26 Å². The molecule has 0 unspecified atom stereocenters. The topological polar surface area (TPSA) is 23.8 Å². The van der Waals surface area contributed by atoms with Crippen molar-refractivity contribution in [3.05, 3.63) is 20.2 Å². The first-order valence-electron chi connectivity index (χ1n) is 4.90. The van der Waals surface area contributed by atoms with Gasteiger partial charge in [-0.05, 0) is 23.6 Å². The average Bonchev–Trinajstić information content (AvgIpc) is 2.56. The number of thiophene rings is 1. The molecule has 2 rings (SSSR count). The van der Waals surface area contributed by atoms with Crippen molar-refractivity contribution in [1.82, 2.24) is 0 Å². The number of rotatable bonds is 1. The standard InChI is InChI=1S/C11H7BrF3NS/c12-8-3-1-2-6-7(4-11(13,14)15)9(5-16)17-10(6)8/h2H,1,3-4H2. The Labute approximate surface area is 108 Å². The Kier molecular flexibility index (Phi) is 3.32. The van der Waals surface area contributed by atoms with Gasteiger partial charge in [0, 0.05) is 9.01 Å². The normalized spacial score (nSPS) is 15.1. The first-order chi connectivity index (χ1) is 7.92. The molecular weight excluding hydrogens is 315 g/mol. The van der Waals surface area contributed by atoms with Crippen molar-refractivity contribution in [2.45, 2.75) is 25.4 Å². The lowest BCUT2D eigenvalue weighted by molar-refractivity contribution is -0.127. The largest absolute Gasteiger partial charge is 0.393 e. The second-order valence-electron chi connectivity index (χ2n) is 3.70. The maximum Gasteiger partial charge on any atom is 0.393 e. The van der Waals surface area contributed by atoms with Crippen LogP contribution in [-0.2, 0) is 6.42 Å². The van der Waals surface area contributed by atoms with E-state index in [2.05, 4.69) is 15.9 Å². The number of fused-ring (bicyclic) bond motifs is 1. The quantitative estimate of drug-likeness (QED) is 0.780. The summed E-state index contributed by atoms with van der Waals surface area (Å²) in [5, 5.41) is 9.49. The molecule has 0 aliphatic heterocycles. The van der Waals surface area contributed by atoms with Gasteiger partial charge in [-0.3, -0.25) is 0 Å². The maximum atomic E-state index is 12.5. The minimum atomic E-state index is -4.28. The molecule has 1 aromatic heterocycles. The highest BCUT2D eigenvalue weighted by Gasteiger charge is 2.31. The second kappa shape index (κ2) is 4.46. The van der Waals surface area contributed by atoms with Gasteiger partial charge >= 0.3 is 6.18 Å². The molecule has 1 aromatic rings. The molecule has 1 heterocycles. The van der Waals surface area contributed by atoms with Crippen molar-refractivity contribution in [3.63, 3.8) is 0 Å². The summed E-state index contributed by atoms with van der Waals surface area (Å²) in [5.41, 5.74) is 0.122. The highest BCUT2D eigenvalue weighted by molar-refractivity contribution is 9.14. The van der Waals surface area contributed by atoms with Crippen molar-refractivity contribution in [2.24, 2.45) is 0 Å². The molecule has 0 saturated heterocycles. The van der Waals surface area contributed by atoms with Gasteiger partial charge in [0.15, 0.2) is 0 Å². The third kappa shape index (κ3) is 2.55. The van der Waals surface area contributed by atoms with Crippen LogP contribution in [0.2, 0.25) is 0 Å². The number of nitriles is 1. The predicted octanol–water partition coefficient (Wildman–Crippen LogP) is 2.80. The SMILES string of the molecule is N#Cc1sc2c(c1CC(F)(F)F)=CCCC=2Br. The fourth-order valence-corrected chi connectivity index (χ4v) is 3.59. The van der Waals surface area contributed by atoms with E-state index in [1.165, 1.54) is 0 Å². The molecule has 0 saturated carbocycles. The van der Waals surface area contributed by atoms with E-state index in [9.17, 15) is 13.2 Å². The van der Waals surface area contributed by atoms with Crippen LogP contribution in [0.5, 0.6) is 0 Å². The van der Waals surface area contributed by atoms with Crippen LogP contribution in [0.1, 0.15) is 23.3 Å². The van der Waals surface area contributed by atoms with E-state index < -0.39 is 12.6 Å². The van der Waals surface area contributed by atoms with Gasteiger partial charge in [-0.2, -0.15) is 18.4 Å². The number of hydrogen-bond donors (Lipinski definition) is 0. The molecule has 0 bridgehead atoms. The van der Waals surface area contributed by atoms with E-state index in [0.717, 1.165) is 26.8 Å². The number of halogens is 4. The zero-order valence-corrected chi connectivity index (χ0v) is 11.0. The average molecular weight is 322 g/mol. The first-order valence-corrected chi connectivity index (χ1v) is 6.50. The van der Waals surface area contributed by atoms with Crippen LogP contribution in [0.3, 0.4) is 0 Å². The third-order valence-electron chi connectivity index (χ3n) is 2.49. The van der Waals surface area contributed by atoms with Gasteiger partial charge in [0.1, 0.15) is 10.9 Å². The third-order valence-corrected chi connectivity index (χ3v) is 4.75. The summed E-state index contributed by atoms with van der Waals surface area (Å²) in [6.45, 7) is 0. The molecule has 0 aromatic carbocycles. The summed E-state index contributed by atoms with van der Waals surface area (Å²) in [6.07, 6.45) is -2.03. The van der Waals surface area contributed by atoms with Gasteiger partial charge in [-0.1, -0.05) is 22.0 Å². The van der Waals surface area contributed by atoms with Crippen LogP contribution in [0.15, 0.2) is 0 Å². The molecule has 1 nitrogen and oxygen atoms in total. The number of hydrogen-bond acceptors (Lipinski definition) is 2. The van der Waals surface area contributed by atoms with Crippen LogP contribution in [-0.4, -0.2) is 6.18 Å². The lowest BCUT2D eigenvalue weighted by Crippen LogP contribution is -2.28.